The number of halogens is 1. The van der Waals surface area contributed by atoms with E-state index >= 15 is 0 Å². The smallest absolute Gasteiger partial charge is 0.299 e. The van der Waals surface area contributed by atoms with Gasteiger partial charge in [-0.05, 0) is 37.9 Å². The molecule has 2 aliphatic rings. The number of anilines is 1. The Hall–Kier alpha value is -1.33. The fourth-order valence-electron chi connectivity index (χ4n) is 3.68. The van der Waals surface area contributed by atoms with Gasteiger partial charge in [0.1, 0.15) is 5.15 Å². The average Bonchev–Trinajstić information content (AvgIpc) is 2.90. The van der Waals surface area contributed by atoms with E-state index in [1.807, 2.05) is 6.07 Å². The topological polar surface area (TPSA) is 45.4 Å². The summed E-state index contributed by atoms with van der Waals surface area (Å²) in [6, 6.07) is 4.24. The van der Waals surface area contributed by atoms with E-state index in [0.29, 0.717) is 27.9 Å². The minimum absolute atomic E-state index is 0.443. The molecule has 0 bridgehead atoms. The molecule has 112 valence electrons. The first-order chi connectivity index (χ1) is 10.2. The molecule has 21 heavy (non-hydrogen) atoms. The molecular formula is C15H19ClN4O. The van der Waals surface area contributed by atoms with Crippen molar-refractivity contribution < 1.29 is 4.42 Å². The molecule has 0 N–H and O–H groups in total. The molecule has 0 unspecified atom stereocenters. The summed E-state index contributed by atoms with van der Waals surface area (Å²) in [6.45, 7) is 6.66. The normalized spacial score (nSPS) is 21.9. The van der Waals surface area contributed by atoms with Crippen molar-refractivity contribution in [2.45, 2.75) is 31.7 Å². The second-order valence-corrected chi connectivity index (χ2v) is 6.38. The van der Waals surface area contributed by atoms with Crippen LogP contribution in [-0.2, 0) is 0 Å². The van der Waals surface area contributed by atoms with Gasteiger partial charge in [0.15, 0.2) is 5.58 Å². The minimum atomic E-state index is 0.443. The van der Waals surface area contributed by atoms with Crippen molar-refractivity contribution in [3.8, 4) is 0 Å². The molecule has 2 aromatic rings. The second-order valence-electron chi connectivity index (χ2n) is 5.99. The van der Waals surface area contributed by atoms with Crippen molar-refractivity contribution in [2.24, 2.45) is 0 Å². The summed E-state index contributed by atoms with van der Waals surface area (Å²) in [5.41, 5.74) is 1.74. The molecule has 1 spiro atoms. The van der Waals surface area contributed by atoms with Crippen LogP contribution in [-0.4, -0.2) is 46.6 Å². The molecule has 0 radical (unpaired) electrons. The summed E-state index contributed by atoms with van der Waals surface area (Å²) in [7, 11) is 0. The number of hydrogen-bond acceptors (Lipinski definition) is 5. The zero-order valence-corrected chi connectivity index (χ0v) is 12.9. The van der Waals surface area contributed by atoms with E-state index < -0.39 is 0 Å². The van der Waals surface area contributed by atoms with Gasteiger partial charge < -0.3 is 9.32 Å². The van der Waals surface area contributed by atoms with Crippen molar-refractivity contribution >= 4 is 28.8 Å². The van der Waals surface area contributed by atoms with E-state index in [1.165, 1.54) is 25.8 Å². The molecule has 0 aromatic carbocycles. The van der Waals surface area contributed by atoms with Gasteiger partial charge in [-0.2, -0.15) is 4.98 Å². The maximum Gasteiger partial charge on any atom is 0.299 e. The number of oxazole rings is 1. The SMILES string of the molecule is CCN1CCC12CCN(c1nc3nc(Cl)ccc3o1)CC2. The third-order valence-electron chi connectivity index (χ3n) is 5.07. The zero-order chi connectivity index (χ0) is 14.4. The summed E-state index contributed by atoms with van der Waals surface area (Å²) in [6.07, 6.45) is 3.71. The summed E-state index contributed by atoms with van der Waals surface area (Å²) in [4.78, 5) is 13.5. The summed E-state index contributed by atoms with van der Waals surface area (Å²) in [5.74, 6) is 0. The molecule has 4 rings (SSSR count). The highest BCUT2D eigenvalue weighted by atomic mass is 35.5. The van der Waals surface area contributed by atoms with Crippen molar-refractivity contribution in [1.82, 2.24) is 14.9 Å². The van der Waals surface area contributed by atoms with Gasteiger partial charge in [0, 0.05) is 25.2 Å². The Bertz CT molecular complexity index is 661. The molecule has 0 atom stereocenters. The predicted octanol–water partition coefficient (Wildman–Crippen LogP) is 2.94. The van der Waals surface area contributed by atoms with Crippen molar-refractivity contribution in [3.05, 3.63) is 17.3 Å². The van der Waals surface area contributed by atoms with E-state index in [0.717, 1.165) is 19.6 Å². The molecule has 0 saturated carbocycles. The van der Waals surface area contributed by atoms with Crippen molar-refractivity contribution in [2.75, 3.05) is 31.1 Å². The quantitative estimate of drug-likeness (QED) is 0.798. The number of rotatable bonds is 2. The van der Waals surface area contributed by atoms with Gasteiger partial charge in [0.05, 0.1) is 0 Å². The number of pyridine rings is 1. The second kappa shape index (κ2) is 4.85. The van der Waals surface area contributed by atoms with Gasteiger partial charge in [-0.3, -0.25) is 4.90 Å². The zero-order valence-electron chi connectivity index (χ0n) is 12.2. The van der Waals surface area contributed by atoms with Gasteiger partial charge >= 0.3 is 0 Å². The van der Waals surface area contributed by atoms with E-state index in [-0.39, 0.29) is 0 Å². The molecule has 0 aliphatic carbocycles. The van der Waals surface area contributed by atoms with Crippen LogP contribution in [0.2, 0.25) is 5.15 Å². The first kappa shape index (κ1) is 13.3. The van der Waals surface area contributed by atoms with Crippen molar-refractivity contribution in [3.63, 3.8) is 0 Å². The lowest BCUT2D eigenvalue weighted by molar-refractivity contribution is -0.0286. The van der Waals surface area contributed by atoms with Crippen LogP contribution in [0.1, 0.15) is 26.2 Å². The van der Waals surface area contributed by atoms with Crippen LogP contribution in [0.5, 0.6) is 0 Å². The van der Waals surface area contributed by atoms with Crippen LogP contribution < -0.4 is 4.90 Å². The lowest BCUT2D eigenvalue weighted by Gasteiger charge is -2.56. The van der Waals surface area contributed by atoms with Crippen LogP contribution >= 0.6 is 11.6 Å². The maximum atomic E-state index is 5.90. The number of piperidine rings is 1. The predicted molar refractivity (Wildman–Crippen MR) is 82.9 cm³/mol. The number of hydrogen-bond donors (Lipinski definition) is 0. The standard InChI is InChI=1S/C15H19ClN4O/c1-2-20-10-7-15(20)5-8-19(9-6-15)14-18-13-11(21-14)3-4-12(16)17-13/h3-4H,2,5-10H2,1H3. The lowest BCUT2D eigenvalue weighted by Crippen LogP contribution is -2.63. The lowest BCUT2D eigenvalue weighted by atomic mass is 9.76. The molecule has 0 amide bonds. The summed E-state index contributed by atoms with van der Waals surface area (Å²) in [5, 5.41) is 0.452. The van der Waals surface area contributed by atoms with E-state index in [2.05, 4.69) is 26.7 Å². The molecule has 2 aromatic heterocycles. The van der Waals surface area contributed by atoms with Crippen LogP contribution in [0, 0.1) is 0 Å². The number of likely N-dealkylation sites (tertiary alicyclic amines) is 1. The highest BCUT2D eigenvalue weighted by Gasteiger charge is 2.45. The molecule has 4 heterocycles. The van der Waals surface area contributed by atoms with Gasteiger partial charge in [0.25, 0.3) is 6.01 Å². The number of nitrogens with zero attached hydrogens (tertiary/aromatic N) is 4. The first-order valence-corrected chi connectivity index (χ1v) is 8.01. The van der Waals surface area contributed by atoms with Crippen LogP contribution in [0.15, 0.2) is 16.5 Å². The fourth-order valence-corrected chi connectivity index (χ4v) is 3.82. The van der Waals surface area contributed by atoms with E-state index in [1.54, 1.807) is 6.07 Å². The summed E-state index contributed by atoms with van der Waals surface area (Å²) < 4.78 is 5.82. The monoisotopic (exact) mass is 306 g/mol. The van der Waals surface area contributed by atoms with Gasteiger partial charge in [-0.1, -0.05) is 18.5 Å². The maximum absolute atomic E-state index is 5.90. The third kappa shape index (κ3) is 2.10. The van der Waals surface area contributed by atoms with E-state index in [4.69, 9.17) is 16.0 Å². The Kier molecular flexibility index (Phi) is 3.08. The van der Waals surface area contributed by atoms with Gasteiger partial charge in [0.2, 0.25) is 5.65 Å². The Morgan fingerprint density at radius 3 is 2.62 bits per heavy atom. The van der Waals surface area contributed by atoms with Crippen LogP contribution in [0.25, 0.3) is 11.2 Å². The number of aromatic nitrogens is 2. The fraction of sp³-hybridized carbons (Fsp3) is 0.600. The highest BCUT2D eigenvalue weighted by molar-refractivity contribution is 6.29. The molecule has 5 nitrogen and oxygen atoms in total. The summed E-state index contributed by atoms with van der Waals surface area (Å²) >= 11 is 5.90. The van der Waals surface area contributed by atoms with Crippen LogP contribution in [0.3, 0.4) is 0 Å². The van der Waals surface area contributed by atoms with Gasteiger partial charge in [-0.15, -0.1) is 0 Å². The Labute approximate surface area is 128 Å². The first-order valence-electron chi connectivity index (χ1n) is 7.63. The molecule has 2 saturated heterocycles. The van der Waals surface area contributed by atoms with Crippen molar-refractivity contribution in [1.29, 1.82) is 0 Å². The molecule has 6 heteroatoms. The Morgan fingerprint density at radius 1 is 1.19 bits per heavy atom. The number of fused-ring (bicyclic) bond motifs is 1. The largest absolute Gasteiger partial charge is 0.422 e. The average molecular weight is 307 g/mol. The van der Waals surface area contributed by atoms with Gasteiger partial charge in [-0.25, -0.2) is 4.98 Å². The molecular weight excluding hydrogens is 288 g/mol. The Morgan fingerprint density at radius 2 is 1.95 bits per heavy atom. The third-order valence-corrected chi connectivity index (χ3v) is 5.28. The highest BCUT2D eigenvalue weighted by Crippen LogP contribution is 2.40. The van der Waals surface area contributed by atoms with Crippen LogP contribution in [0.4, 0.5) is 6.01 Å². The molecule has 2 fully saturated rings. The minimum Gasteiger partial charge on any atom is -0.422 e. The van der Waals surface area contributed by atoms with E-state index in [9.17, 15) is 0 Å². The molecule has 2 aliphatic heterocycles. The Balaban J connectivity index is 1.52.